The lowest BCUT2D eigenvalue weighted by Crippen LogP contribution is -2.02. The lowest BCUT2D eigenvalue weighted by Gasteiger charge is -2.10. The zero-order chi connectivity index (χ0) is 22.6. The molecule has 0 aliphatic heterocycles. The summed E-state index contributed by atoms with van der Waals surface area (Å²) in [6, 6.07) is 14.8. The SMILES string of the molecule is C=CC(=O)OCCCc1ccc(/C(C)=C/C=C(/c2ccc(OC=O)cc2)C(C)F)cc1. The molecule has 31 heavy (non-hydrogen) atoms. The molecule has 0 aliphatic carbocycles. The van der Waals surface area contributed by atoms with Crippen LogP contribution in [0.2, 0.25) is 0 Å². The lowest BCUT2D eigenvalue weighted by molar-refractivity contribution is -0.137. The second-order valence-corrected chi connectivity index (χ2v) is 7.00. The minimum Gasteiger partial charge on any atom is -0.463 e. The Balaban J connectivity index is 2.05. The van der Waals surface area contributed by atoms with Gasteiger partial charge < -0.3 is 9.47 Å². The fourth-order valence-electron chi connectivity index (χ4n) is 2.99. The fourth-order valence-corrected chi connectivity index (χ4v) is 2.99. The first-order chi connectivity index (χ1) is 14.9. The van der Waals surface area contributed by atoms with Crippen molar-refractivity contribution in [1.29, 1.82) is 0 Å². The van der Waals surface area contributed by atoms with Crippen molar-refractivity contribution in [2.45, 2.75) is 32.9 Å². The molecule has 0 radical (unpaired) electrons. The highest BCUT2D eigenvalue weighted by Crippen LogP contribution is 2.25. The number of allylic oxidation sites excluding steroid dienone is 4. The molecule has 0 fully saturated rings. The van der Waals surface area contributed by atoms with Gasteiger partial charge >= 0.3 is 5.97 Å². The average molecular weight is 422 g/mol. The number of halogens is 1. The number of carbonyl (C=O) groups excluding carboxylic acids is 2. The third-order valence-corrected chi connectivity index (χ3v) is 4.74. The van der Waals surface area contributed by atoms with Crippen molar-refractivity contribution in [1.82, 2.24) is 0 Å². The predicted molar refractivity (Wildman–Crippen MR) is 121 cm³/mol. The summed E-state index contributed by atoms with van der Waals surface area (Å²) >= 11 is 0. The van der Waals surface area contributed by atoms with Gasteiger partial charge in [-0.2, -0.15) is 0 Å². The molecular weight excluding hydrogens is 395 g/mol. The van der Waals surface area contributed by atoms with Gasteiger partial charge in [-0.3, -0.25) is 4.79 Å². The average Bonchev–Trinajstić information content (AvgIpc) is 2.78. The van der Waals surface area contributed by atoms with Crippen molar-refractivity contribution in [3.05, 3.63) is 90.0 Å². The number of carbonyl (C=O) groups is 2. The number of esters is 1. The second kappa shape index (κ2) is 12.3. The van der Waals surface area contributed by atoms with Gasteiger partial charge in [0.2, 0.25) is 0 Å². The van der Waals surface area contributed by atoms with Gasteiger partial charge in [-0.25, -0.2) is 9.18 Å². The van der Waals surface area contributed by atoms with Crippen LogP contribution in [-0.4, -0.2) is 25.2 Å². The number of benzene rings is 2. The van der Waals surface area contributed by atoms with E-state index in [0.717, 1.165) is 41.2 Å². The Hall–Kier alpha value is -3.47. The molecule has 0 saturated heterocycles. The fraction of sp³-hybridized carbons (Fsp3) is 0.231. The first kappa shape index (κ1) is 23.8. The monoisotopic (exact) mass is 422 g/mol. The van der Waals surface area contributed by atoms with E-state index in [0.29, 0.717) is 24.4 Å². The van der Waals surface area contributed by atoms with E-state index in [1.54, 1.807) is 30.3 Å². The first-order valence-electron chi connectivity index (χ1n) is 10.1. The van der Waals surface area contributed by atoms with Crippen LogP contribution in [0.15, 0.2) is 73.3 Å². The highest BCUT2D eigenvalue weighted by Gasteiger charge is 2.09. The van der Waals surface area contributed by atoms with Crippen molar-refractivity contribution < 1.29 is 23.5 Å². The molecule has 0 saturated carbocycles. The van der Waals surface area contributed by atoms with Crippen LogP contribution in [0.4, 0.5) is 4.39 Å². The van der Waals surface area contributed by atoms with Crippen LogP contribution in [-0.2, 0) is 20.7 Å². The molecule has 1 unspecified atom stereocenters. The van der Waals surface area contributed by atoms with Crippen LogP contribution in [0.1, 0.15) is 37.0 Å². The Morgan fingerprint density at radius 2 is 1.71 bits per heavy atom. The summed E-state index contributed by atoms with van der Waals surface area (Å²) in [7, 11) is 0. The third kappa shape index (κ3) is 7.70. The van der Waals surface area contributed by atoms with E-state index in [1.165, 1.54) is 6.92 Å². The van der Waals surface area contributed by atoms with E-state index < -0.39 is 12.1 Å². The zero-order valence-corrected chi connectivity index (χ0v) is 17.8. The van der Waals surface area contributed by atoms with Gasteiger partial charge in [-0.15, -0.1) is 0 Å². The maximum absolute atomic E-state index is 14.2. The largest absolute Gasteiger partial charge is 0.463 e. The van der Waals surface area contributed by atoms with Crippen molar-refractivity contribution in [3.63, 3.8) is 0 Å². The standard InChI is InChI=1S/C26H27FO4/c1-4-26(29)30-17-5-6-21-8-10-22(11-9-21)19(2)7-16-25(20(3)27)23-12-14-24(15-13-23)31-18-28/h4,7-16,18,20H,1,5-6,17H2,2-3H3/b19-7+,25-16+. The Morgan fingerprint density at radius 3 is 2.29 bits per heavy atom. The normalized spacial score (nSPS) is 12.7. The second-order valence-electron chi connectivity index (χ2n) is 7.00. The lowest BCUT2D eigenvalue weighted by atomic mass is 9.99. The molecule has 0 heterocycles. The molecule has 2 rings (SSSR count). The van der Waals surface area contributed by atoms with Crippen LogP contribution in [0, 0.1) is 0 Å². The number of ether oxygens (including phenoxy) is 2. The molecule has 1 atom stereocenters. The zero-order valence-electron chi connectivity index (χ0n) is 17.8. The number of hydrogen-bond acceptors (Lipinski definition) is 4. The first-order valence-corrected chi connectivity index (χ1v) is 10.1. The Bertz CT molecular complexity index is 938. The third-order valence-electron chi connectivity index (χ3n) is 4.74. The summed E-state index contributed by atoms with van der Waals surface area (Å²) in [5.41, 5.74) is 4.47. The van der Waals surface area contributed by atoms with Crippen molar-refractivity contribution in [2.24, 2.45) is 0 Å². The number of alkyl halides is 1. The van der Waals surface area contributed by atoms with Gasteiger partial charge in [0, 0.05) is 6.08 Å². The van der Waals surface area contributed by atoms with E-state index in [1.807, 2.05) is 37.3 Å². The van der Waals surface area contributed by atoms with Crippen LogP contribution in [0.5, 0.6) is 5.75 Å². The maximum atomic E-state index is 14.2. The minimum atomic E-state index is -1.15. The van der Waals surface area contributed by atoms with Gasteiger partial charge in [0.1, 0.15) is 11.9 Å². The van der Waals surface area contributed by atoms with Gasteiger partial charge in [0.05, 0.1) is 6.61 Å². The number of hydrogen-bond donors (Lipinski definition) is 0. The van der Waals surface area contributed by atoms with Crippen LogP contribution in [0.25, 0.3) is 11.1 Å². The molecular formula is C26H27FO4. The van der Waals surface area contributed by atoms with Crippen LogP contribution >= 0.6 is 0 Å². The summed E-state index contributed by atoms with van der Waals surface area (Å²) in [6.45, 7) is 7.55. The van der Waals surface area contributed by atoms with Crippen molar-refractivity contribution in [2.75, 3.05) is 6.61 Å². The van der Waals surface area contributed by atoms with E-state index >= 15 is 0 Å². The van der Waals surface area contributed by atoms with E-state index in [2.05, 4.69) is 6.58 Å². The maximum Gasteiger partial charge on any atom is 0.330 e. The van der Waals surface area contributed by atoms with E-state index in [-0.39, 0.29) is 0 Å². The van der Waals surface area contributed by atoms with E-state index in [4.69, 9.17) is 9.47 Å². The molecule has 2 aromatic rings. The molecule has 5 heteroatoms. The molecule has 2 aromatic carbocycles. The van der Waals surface area contributed by atoms with E-state index in [9.17, 15) is 14.0 Å². The molecule has 0 amide bonds. The summed E-state index contributed by atoms with van der Waals surface area (Å²) in [5.74, 6) is 0.00617. The topological polar surface area (TPSA) is 52.6 Å². The summed E-state index contributed by atoms with van der Waals surface area (Å²) < 4.78 is 24.0. The molecule has 0 bridgehead atoms. The Kier molecular flexibility index (Phi) is 9.43. The van der Waals surface area contributed by atoms with Gasteiger partial charge in [-0.1, -0.05) is 55.1 Å². The smallest absolute Gasteiger partial charge is 0.330 e. The molecule has 0 N–H and O–H groups in total. The molecule has 0 aromatic heterocycles. The Morgan fingerprint density at radius 1 is 1.06 bits per heavy atom. The Labute approximate surface area is 182 Å². The predicted octanol–water partition coefficient (Wildman–Crippen LogP) is 5.73. The molecule has 162 valence electrons. The number of aryl methyl sites for hydroxylation is 1. The highest BCUT2D eigenvalue weighted by molar-refractivity contribution is 5.81. The summed E-state index contributed by atoms with van der Waals surface area (Å²) in [6.07, 6.45) is 5.22. The summed E-state index contributed by atoms with van der Waals surface area (Å²) in [4.78, 5) is 21.4. The van der Waals surface area contributed by atoms with Crippen LogP contribution < -0.4 is 4.74 Å². The van der Waals surface area contributed by atoms with Crippen molar-refractivity contribution in [3.8, 4) is 5.75 Å². The molecule has 4 nitrogen and oxygen atoms in total. The minimum absolute atomic E-state index is 0.360. The van der Waals surface area contributed by atoms with Gasteiger partial charge in [0.15, 0.2) is 0 Å². The molecule has 0 spiro atoms. The quantitative estimate of drug-likeness (QED) is 0.153. The van der Waals surface area contributed by atoms with Crippen LogP contribution in [0.3, 0.4) is 0 Å². The van der Waals surface area contributed by atoms with Gasteiger partial charge in [0.25, 0.3) is 6.47 Å². The number of rotatable bonds is 11. The summed E-state index contributed by atoms with van der Waals surface area (Å²) in [5, 5.41) is 0. The van der Waals surface area contributed by atoms with Crippen molar-refractivity contribution >= 4 is 23.6 Å². The molecule has 0 aliphatic rings. The van der Waals surface area contributed by atoms with Gasteiger partial charge in [-0.05, 0) is 66.7 Å². The highest BCUT2D eigenvalue weighted by atomic mass is 19.1.